The third-order valence-corrected chi connectivity index (χ3v) is 2.97. The lowest BCUT2D eigenvalue weighted by Crippen LogP contribution is -2.26. The predicted molar refractivity (Wildman–Crippen MR) is 76.3 cm³/mol. The molecule has 0 heterocycles. The van der Waals surface area contributed by atoms with Crippen molar-refractivity contribution < 1.29 is 0 Å². The van der Waals surface area contributed by atoms with Crippen molar-refractivity contribution in [2.75, 3.05) is 13.1 Å². The van der Waals surface area contributed by atoms with Crippen LogP contribution in [0.5, 0.6) is 0 Å². The van der Waals surface area contributed by atoms with Crippen LogP contribution in [-0.2, 0) is 0 Å². The molecule has 0 aliphatic carbocycles. The van der Waals surface area contributed by atoms with Crippen molar-refractivity contribution in [1.29, 1.82) is 0 Å². The van der Waals surface area contributed by atoms with Crippen molar-refractivity contribution in [3.05, 3.63) is 35.9 Å². The lowest BCUT2D eigenvalue weighted by atomic mass is 9.90. The molecule has 0 spiro atoms. The van der Waals surface area contributed by atoms with Crippen molar-refractivity contribution in [3.63, 3.8) is 0 Å². The molecule has 1 aromatic rings. The molecule has 0 radical (unpaired) electrons. The Hall–Kier alpha value is -0.820. The summed E-state index contributed by atoms with van der Waals surface area (Å²) < 4.78 is 0. The fourth-order valence-corrected chi connectivity index (χ4v) is 2.18. The zero-order valence-corrected chi connectivity index (χ0v) is 11.7. The minimum atomic E-state index is 0.648. The predicted octanol–water partition coefficient (Wildman–Crippen LogP) is 4.06. The van der Waals surface area contributed by atoms with Crippen molar-refractivity contribution >= 4 is 0 Å². The van der Waals surface area contributed by atoms with Gasteiger partial charge in [-0.3, -0.25) is 0 Å². The van der Waals surface area contributed by atoms with Crippen molar-refractivity contribution in [1.82, 2.24) is 5.32 Å². The largest absolute Gasteiger partial charge is 0.316 e. The highest BCUT2D eigenvalue weighted by Gasteiger charge is 2.12. The van der Waals surface area contributed by atoms with Gasteiger partial charge in [0.2, 0.25) is 0 Å². The monoisotopic (exact) mass is 233 g/mol. The molecule has 1 heteroatoms. The first-order valence-electron chi connectivity index (χ1n) is 6.85. The zero-order chi connectivity index (χ0) is 12.7. The van der Waals surface area contributed by atoms with E-state index < -0.39 is 0 Å². The summed E-state index contributed by atoms with van der Waals surface area (Å²) in [5.74, 6) is 2.13. The van der Waals surface area contributed by atoms with Crippen LogP contribution in [0.25, 0.3) is 0 Å². The molecule has 1 nitrogen and oxygen atoms in total. The van der Waals surface area contributed by atoms with Gasteiger partial charge in [-0.2, -0.15) is 0 Å². The van der Waals surface area contributed by atoms with Crippen LogP contribution >= 0.6 is 0 Å². The number of hydrogen-bond acceptors (Lipinski definition) is 1. The quantitative estimate of drug-likeness (QED) is 0.749. The van der Waals surface area contributed by atoms with E-state index in [9.17, 15) is 0 Å². The Balaban J connectivity index is 2.55. The van der Waals surface area contributed by atoms with Crippen LogP contribution in [0.4, 0.5) is 0 Å². The Kier molecular flexibility index (Phi) is 6.28. The van der Waals surface area contributed by atoms with E-state index in [1.54, 1.807) is 0 Å². The first kappa shape index (κ1) is 14.2. The molecule has 0 saturated heterocycles. The molecule has 1 N–H and O–H groups in total. The zero-order valence-electron chi connectivity index (χ0n) is 11.7. The number of benzene rings is 1. The van der Waals surface area contributed by atoms with Gasteiger partial charge in [0, 0.05) is 6.54 Å². The summed E-state index contributed by atoms with van der Waals surface area (Å²) in [6, 6.07) is 10.9. The molecule has 0 saturated carbocycles. The summed E-state index contributed by atoms with van der Waals surface area (Å²) in [4.78, 5) is 0. The van der Waals surface area contributed by atoms with Gasteiger partial charge in [0.05, 0.1) is 0 Å². The molecule has 0 aliphatic heterocycles. The molecule has 0 aromatic heterocycles. The first-order valence-corrected chi connectivity index (χ1v) is 6.85. The van der Waals surface area contributed by atoms with E-state index in [1.165, 1.54) is 12.0 Å². The Morgan fingerprint density at radius 3 is 2.06 bits per heavy atom. The lowest BCUT2D eigenvalue weighted by molar-refractivity contribution is 0.452. The molecule has 1 aromatic carbocycles. The van der Waals surface area contributed by atoms with E-state index >= 15 is 0 Å². The lowest BCUT2D eigenvalue weighted by Gasteiger charge is -2.20. The normalized spacial score (nSPS) is 13.3. The summed E-state index contributed by atoms with van der Waals surface area (Å²) >= 11 is 0. The van der Waals surface area contributed by atoms with Crippen molar-refractivity contribution in [2.45, 2.75) is 40.0 Å². The Morgan fingerprint density at radius 1 is 0.882 bits per heavy atom. The third-order valence-electron chi connectivity index (χ3n) is 2.97. The van der Waals surface area contributed by atoms with Gasteiger partial charge >= 0.3 is 0 Å². The highest BCUT2D eigenvalue weighted by atomic mass is 14.9. The summed E-state index contributed by atoms with van der Waals surface area (Å²) in [5, 5.41) is 3.59. The molecule has 96 valence electrons. The van der Waals surface area contributed by atoms with E-state index in [-0.39, 0.29) is 0 Å². The maximum atomic E-state index is 3.59. The van der Waals surface area contributed by atoms with Gasteiger partial charge in [0.1, 0.15) is 0 Å². The Bertz CT molecular complexity index is 290. The smallest absolute Gasteiger partial charge is 0.00203 e. The molecule has 0 fully saturated rings. The van der Waals surface area contributed by atoms with Gasteiger partial charge in [-0.25, -0.2) is 0 Å². The van der Waals surface area contributed by atoms with Gasteiger partial charge in [0.15, 0.2) is 0 Å². The van der Waals surface area contributed by atoms with Crippen LogP contribution < -0.4 is 5.32 Å². The molecular formula is C16H27N. The van der Waals surface area contributed by atoms with Crippen molar-refractivity contribution in [2.24, 2.45) is 11.8 Å². The van der Waals surface area contributed by atoms with Gasteiger partial charge in [-0.15, -0.1) is 0 Å². The van der Waals surface area contributed by atoms with E-state index in [1.807, 2.05) is 0 Å². The minimum absolute atomic E-state index is 0.648. The number of rotatable bonds is 7. The van der Waals surface area contributed by atoms with Gasteiger partial charge in [0.25, 0.3) is 0 Å². The second kappa shape index (κ2) is 7.50. The van der Waals surface area contributed by atoms with Gasteiger partial charge < -0.3 is 5.32 Å². The SMILES string of the molecule is CC(C)CNCC(CC(C)C)c1ccccc1. The van der Waals surface area contributed by atoms with Gasteiger partial charge in [-0.05, 0) is 36.3 Å². The summed E-state index contributed by atoms with van der Waals surface area (Å²) in [7, 11) is 0. The average Bonchev–Trinajstić information content (AvgIpc) is 2.28. The van der Waals surface area contributed by atoms with Crippen LogP contribution in [-0.4, -0.2) is 13.1 Å². The molecule has 0 aliphatic rings. The van der Waals surface area contributed by atoms with Crippen LogP contribution in [0.3, 0.4) is 0 Å². The molecular weight excluding hydrogens is 206 g/mol. The summed E-state index contributed by atoms with van der Waals surface area (Å²) in [5.41, 5.74) is 1.47. The first-order chi connectivity index (χ1) is 8.09. The standard InChI is InChI=1S/C16H27N/c1-13(2)10-16(12-17-11-14(3)4)15-8-6-5-7-9-15/h5-9,13-14,16-17H,10-12H2,1-4H3. The molecule has 17 heavy (non-hydrogen) atoms. The fraction of sp³-hybridized carbons (Fsp3) is 0.625. The van der Waals surface area contributed by atoms with E-state index in [0.29, 0.717) is 5.92 Å². The van der Waals surface area contributed by atoms with Gasteiger partial charge in [-0.1, -0.05) is 58.0 Å². The molecule has 0 bridgehead atoms. The number of hydrogen-bond donors (Lipinski definition) is 1. The molecule has 1 rings (SSSR count). The molecule has 1 unspecified atom stereocenters. The Labute approximate surface area is 107 Å². The second-order valence-corrected chi connectivity index (χ2v) is 5.79. The highest BCUT2D eigenvalue weighted by Crippen LogP contribution is 2.22. The molecule has 0 amide bonds. The van der Waals surface area contributed by atoms with Crippen molar-refractivity contribution in [3.8, 4) is 0 Å². The maximum Gasteiger partial charge on any atom is 0.00203 e. The number of nitrogens with one attached hydrogen (secondary N) is 1. The fourth-order valence-electron chi connectivity index (χ4n) is 2.18. The van der Waals surface area contributed by atoms with Crippen LogP contribution in [0.15, 0.2) is 30.3 Å². The van der Waals surface area contributed by atoms with Crippen LogP contribution in [0.2, 0.25) is 0 Å². The van der Waals surface area contributed by atoms with E-state index in [0.717, 1.165) is 24.9 Å². The maximum absolute atomic E-state index is 3.59. The Morgan fingerprint density at radius 2 is 1.53 bits per heavy atom. The van der Waals surface area contributed by atoms with Crippen LogP contribution in [0, 0.1) is 11.8 Å². The van der Waals surface area contributed by atoms with E-state index in [4.69, 9.17) is 0 Å². The molecule has 1 atom stereocenters. The summed E-state index contributed by atoms with van der Waals surface area (Å²) in [6.07, 6.45) is 1.26. The van der Waals surface area contributed by atoms with E-state index in [2.05, 4.69) is 63.3 Å². The second-order valence-electron chi connectivity index (χ2n) is 5.79. The highest BCUT2D eigenvalue weighted by molar-refractivity contribution is 5.19. The minimum Gasteiger partial charge on any atom is -0.316 e. The van der Waals surface area contributed by atoms with Crippen LogP contribution in [0.1, 0.15) is 45.6 Å². The topological polar surface area (TPSA) is 12.0 Å². The summed E-state index contributed by atoms with van der Waals surface area (Å²) in [6.45, 7) is 11.3. The average molecular weight is 233 g/mol. The third kappa shape index (κ3) is 5.88.